The molecule has 0 radical (unpaired) electrons. The Morgan fingerprint density at radius 3 is 2.30 bits per heavy atom. The summed E-state index contributed by atoms with van der Waals surface area (Å²) in [5.74, 6) is -6.39. The minimum Gasteiger partial charge on any atom is -0.507 e. The van der Waals surface area contributed by atoms with Crippen molar-refractivity contribution in [2.75, 3.05) is 7.11 Å². The van der Waals surface area contributed by atoms with Gasteiger partial charge in [-0.05, 0) is 12.5 Å². The Kier molecular flexibility index (Phi) is 4.38. The van der Waals surface area contributed by atoms with Crippen LogP contribution in [-0.2, 0) is 0 Å². The van der Waals surface area contributed by atoms with Crippen molar-refractivity contribution in [3.63, 3.8) is 0 Å². The summed E-state index contributed by atoms with van der Waals surface area (Å²) in [6, 6.07) is 3.55. The van der Waals surface area contributed by atoms with Crippen molar-refractivity contribution in [2.45, 2.75) is 25.2 Å². The van der Waals surface area contributed by atoms with Gasteiger partial charge in [-0.25, -0.2) is 0 Å². The van der Waals surface area contributed by atoms with Gasteiger partial charge >= 0.3 is 0 Å². The summed E-state index contributed by atoms with van der Waals surface area (Å²) in [7, 11) is 1.30. The second-order valence-electron chi connectivity index (χ2n) is 6.11. The molecule has 0 saturated heterocycles. The van der Waals surface area contributed by atoms with Crippen LogP contribution in [0.4, 0.5) is 0 Å². The number of methoxy groups -OCH3 is 1. The Morgan fingerprint density at radius 1 is 1.07 bits per heavy atom. The van der Waals surface area contributed by atoms with Gasteiger partial charge in [0.1, 0.15) is 27.9 Å². The highest BCUT2D eigenvalue weighted by molar-refractivity contribution is 6.00. The third-order valence-corrected chi connectivity index (χ3v) is 4.49. The summed E-state index contributed by atoms with van der Waals surface area (Å²) in [6.07, 6.45) is 0.0595. The predicted octanol–water partition coefficient (Wildman–Crippen LogP) is 1.20. The average Bonchev–Trinajstić information content (AvgIpc) is 2.59. The van der Waals surface area contributed by atoms with Gasteiger partial charge in [-0.3, -0.25) is 4.79 Å². The van der Waals surface area contributed by atoms with Crippen LogP contribution in [0.2, 0.25) is 0 Å². The van der Waals surface area contributed by atoms with Crippen LogP contribution < -0.4 is 10.2 Å². The highest BCUT2D eigenvalue weighted by Crippen LogP contribution is 2.43. The van der Waals surface area contributed by atoms with E-state index in [1.165, 1.54) is 19.2 Å². The topological polar surface area (TPSA) is 161 Å². The molecule has 0 aliphatic rings. The van der Waals surface area contributed by atoms with Gasteiger partial charge in [-0.2, -0.15) is 0 Å². The van der Waals surface area contributed by atoms with E-state index in [2.05, 4.69) is 0 Å². The molecule has 1 unspecified atom stereocenters. The fourth-order valence-corrected chi connectivity index (χ4v) is 3.22. The molecule has 0 fully saturated rings. The third-order valence-electron chi connectivity index (χ3n) is 4.49. The highest BCUT2D eigenvalue weighted by Gasteiger charge is 2.35. The Labute approximate surface area is 151 Å². The summed E-state index contributed by atoms with van der Waals surface area (Å²) in [5.41, 5.74) is -1.40. The zero-order valence-corrected chi connectivity index (χ0v) is 14.4. The molecule has 6 N–H and O–H groups in total. The Hall–Kier alpha value is -3.01. The van der Waals surface area contributed by atoms with Gasteiger partial charge in [0.15, 0.2) is 11.3 Å². The van der Waals surface area contributed by atoms with E-state index in [1.54, 1.807) is 6.92 Å². The number of benzene rings is 2. The van der Waals surface area contributed by atoms with E-state index in [-0.39, 0.29) is 34.1 Å². The van der Waals surface area contributed by atoms with Gasteiger partial charge in [0.25, 0.3) is 5.97 Å². The van der Waals surface area contributed by atoms with E-state index in [0.29, 0.717) is 0 Å². The molecule has 0 aliphatic carbocycles. The molecule has 3 aromatic rings. The molecule has 0 aliphatic heterocycles. The standard InChI is InChI=1S/C18H18O9/c1-3-8(18(23,24)25)7-4-5-11(26-2)13-15(22)12-9(19)6-10(20)14(21)17(12)27-16(7)13/h4-6,8,19-21,23-25H,3H2,1-2H3. The van der Waals surface area contributed by atoms with Crippen LogP contribution in [0.3, 0.4) is 0 Å². The lowest BCUT2D eigenvalue weighted by atomic mass is 9.91. The quantitative estimate of drug-likeness (QED) is 0.170. The fourth-order valence-electron chi connectivity index (χ4n) is 3.22. The average molecular weight is 378 g/mol. The van der Waals surface area contributed by atoms with Crippen LogP contribution in [0.15, 0.2) is 27.4 Å². The maximum Gasteiger partial charge on any atom is 0.282 e. The SMILES string of the molecule is CCC(c1ccc(OC)c2c(=O)c3c(O)cc(O)c(O)c3oc12)C(O)(O)O. The second-order valence-corrected chi connectivity index (χ2v) is 6.11. The van der Waals surface area contributed by atoms with E-state index in [9.17, 15) is 35.4 Å². The number of phenolic OH excluding ortho intramolecular Hbond substituents is 3. The first kappa shape index (κ1) is 18.8. The Bertz CT molecular complexity index is 1090. The van der Waals surface area contributed by atoms with Crippen LogP contribution in [0.25, 0.3) is 21.9 Å². The molecule has 144 valence electrons. The molecular weight excluding hydrogens is 360 g/mol. The maximum absolute atomic E-state index is 13.0. The van der Waals surface area contributed by atoms with E-state index >= 15 is 0 Å². The van der Waals surface area contributed by atoms with Gasteiger partial charge in [-0.1, -0.05) is 13.0 Å². The van der Waals surface area contributed by atoms with Crippen LogP contribution >= 0.6 is 0 Å². The zero-order chi connectivity index (χ0) is 20.1. The van der Waals surface area contributed by atoms with Crippen molar-refractivity contribution in [2.24, 2.45) is 0 Å². The molecular formula is C18H18O9. The number of hydrogen-bond acceptors (Lipinski definition) is 9. The molecule has 1 aromatic heterocycles. The molecule has 27 heavy (non-hydrogen) atoms. The lowest BCUT2D eigenvalue weighted by Gasteiger charge is -2.26. The molecule has 0 bridgehead atoms. The van der Waals surface area contributed by atoms with Gasteiger partial charge in [0.2, 0.25) is 11.2 Å². The number of ether oxygens (including phenoxy) is 1. The number of phenols is 3. The molecule has 9 nitrogen and oxygen atoms in total. The molecule has 2 aromatic carbocycles. The molecule has 0 amide bonds. The van der Waals surface area contributed by atoms with Crippen molar-refractivity contribution in [3.05, 3.63) is 34.0 Å². The van der Waals surface area contributed by atoms with Crippen molar-refractivity contribution < 1.29 is 39.8 Å². The lowest BCUT2D eigenvalue weighted by molar-refractivity contribution is -0.325. The number of rotatable bonds is 4. The molecule has 0 spiro atoms. The maximum atomic E-state index is 13.0. The number of aromatic hydroxyl groups is 3. The first-order valence-electron chi connectivity index (χ1n) is 8.00. The number of hydrogen-bond donors (Lipinski definition) is 6. The lowest BCUT2D eigenvalue weighted by Crippen LogP contribution is -2.35. The molecule has 1 heterocycles. The highest BCUT2D eigenvalue weighted by atomic mass is 16.7. The van der Waals surface area contributed by atoms with Gasteiger partial charge in [-0.15, -0.1) is 0 Å². The summed E-state index contributed by atoms with van der Waals surface area (Å²) in [6.45, 7) is 1.58. The van der Waals surface area contributed by atoms with Crippen molar-refractivity contribution in [1.82, 2.24) is 0 Å². The normalized spacial score (nSPS) is 13.2. The molecule has 0 saturated carbocycles. The molecule has 3 rings (SSSR count). The Morgan fingerprint density at radius 2 is 1.74 bits per heavy atom. The summed E-state index contributed by atoms with van der Waals surface area (Å²) < 4.78 is 10.8. The number of aliphatic hydroxyl groups is 3. The minimum absolute atomic E-state index is 0.0574. The largest absolute Gasteiger partial charge is 0.507 e. The van der Waals surface area contributed by atoms with Crippen molar-refractivity contribution >= 4 is 21.9 Å². The second kappa shape index (κ2) is 6.31. The third kappa shape index (κ3) is 2.81. The predicted molar refractivity (Wildman–Crippen MR) is 94.0 cm³/mol. The van der Waals surface area contributed by atoms with Gasteiger partial charge in [0.05, 0.1) is 13.0 Å². The summed E-state index contributed by atoms with van der Waals surface area (Å²) >= 11 is 0. The zero-order valence-electron chi connectivity index (χ0n) is 14.4. The van der Waals surface area contributed by atoms with E-state index in [1.807, 2.05) is 0 Å². The summed E-state index contributed by atoms with van der Waals surface area (Å²) in [5, 5.41) is 58.3. The van der Waals surface area contributed by atoms with Gasteiger partial charge < -0.3 is 39.8 Å². The van der Waals surface area contributed by atoms with Crippen molar-refractivity contribution in [3.8, 4) is 23.0 Å². The van der Waals surface area contributed by atoms with Crippen LogP contribution in [0.5, 0.6) is 23.0 Å². The number of fused-ring (bicyclic) bond motifs is 2. The van der Waals surface area contributed by atoms with Gasteiger partial charge in [0, 0.05) is 11.6 Å². The Balaban J connectivity index is 2.58. The van der Waals surface area contributed by atoms with Crippen LogP contribution in [0.1, 0.15) is 24.8 Å². The smallest absolute Gasteiger partial charge is 0.282 e. The van der Waals surface area contributed by atoms with Crippen LogP contribution in [-0.4, -0.2) is 43.7 Å². The van der Waals surface area contributed by atoms with Crippen LogP contribution in [0, 0.1) is 0 Å². The fraction of sp³-hybridized carbons (Fsp3) is 0.278. The molecule has 9 heteroatoms. The molecule has 1 atom stereocenters. The van der Waals surface area contributed by atoms with E-state index < -0.39 is 40.2 Å². The first-order valence-corrected chi connectivity index (χ1v) is 8.00. The first-order chi connectivity index (χ1) is 12.6. The van der Waals surface area contributed by atoms with E-state index in [0.717, 1.165) is 6.07 Å². The van der Waals surface area contributed by atoms with Crippen molar-refractivity contribution in [1.29, 1.82) is 0 Å². The van der Waals surface area contributed by atoms with E-state index in [4.69, 9.17) is 9.15 Å². The monoisotopic (exact) mass is 378 g/mol. The summed E-state index contributed by atoms with van der Waals surface area (Å²) in [4.78, 5) is 13.0. The minimum atomic E-state index is -3.10.